The van der Waals surface area contributed by atoms with Crippen molar-refractivity contribution in [2.75, 3.05) is 14.2 Å². The SMILES string of the molecule is COC(=O)c1c(C)[nH]c(C(=O)[C@H](C)OC(=O)Cc2ccccc2OC)c1C. The Labute approximate surface area is 157 Å². The Kier molecular flexibility index (Phi) is 6.39. The van der Waals surface area contributed by atoms with E-state index < -0.39 is 23.8 Å². The van der Waals surface area contributed by atoms with Gasteiger partial charge in [-0.1, -0.05) is 18.2 Å². The van der Waals surface area contributed by atoms with E-state index in [2.05, 4.69) is 4.98 Å². The van der Waals surface area contributed by atoms with E-state index >= 15 is 0 Å². The van der Waals surface area contributed by atoms with Gasteiger partial charge in [-0.05, 0) is 32.4 Å². The minimum Gasteiger partial charge on any atom is -0.496 e. The molecule has 0 saturated heterocycles. The zero-order chi connectivity index (χ0) is 20.1. The number of esters is 2. The Morgan fingerprint density at radius 2 is 1.78 bits per heavy atom. The van der Waals surface area contributed by atoms with Gasteiger partial charge in [0.15, 0.2) is 6.10 Å². The highest BCUT2D eigenvalue weighted by atomic mass is 16.5. The second kappa shape index (κ2) is 8.53. The Balaban J connectivity index is 2.12. The van der Waals surface area contributed by atoms with Gasteiger partial charge in [-0.3, -0.25) is 9.59 Å². The molecule has 1 N–H and O–H groups in total. The second-order valence-electron chi connectivity index (χ2n) is 6.10. The van der Waals surface area contributed by atoms with Crippen LogP contribution < -0.4 is 4.74 Å². The van der Waals surface area contributed by atoms with Crippen molar-refractivity contribution in [2.45, 2.75) is 33.3 Å². The zero-order valence-corrected chi connectivity index (χ0v) is 16.0. The van der Waals surface area contributed by atoms with E-state index in [1.54, 1.807) is 38.1 Å². The number of Topliss-reactive ketones (excluding diaryl/α,β-unsaturated/α-hetero) is 1. The van der Waals surface area contributed by atoms with Crippen LogP contribution in [0.15, 0.2) is 24.3 Å². The molecule has 1 aromatic carbocycles. The molecule has 0 amide bonds. The Morgan fingerprint density at radius 1 is 1.11 bits per heavy atom. The van der Waals surface area contributed by atoms with Crippen LogP contribution in [-0.4, -0.2) is 43.0 Å². The maximum atomic E-state index is 12.7. The van der Waals surface area contributed by atoms with Gasteiger partial charge in [0.1, 0.15) is 5.75 Å². The Morgan fingerprint density at radius 3 is 2.41 bits per heavy atom. The molecule has 0 aliphatic rings. The van der Waals surface area contributed by atoms with Gasteiger partial charge in [-0.25, -0.2) is 4.79 Å². The van der Waals surface area contributed by atoms with Gasteiger partial charge >= 0.3 is 11.9 Å². The molecule has 1 aromatic heterocycles. The summed E-state index contributed by atoms with van der Waals surface area (Å²) in [7, 11) is 2.80. The molecule has 2 rings (SSSR count). The molecule has 27 heavy (non-hydrogen) atoms. The minimum atomic E-state index is -1.01. The van der Waals surface area contributed by atoms with Crippen LogP contribution in [0.25, 0.3) is 0 Å². The number of aryl methyl sites for hydroxylation is 1. The monoisotopic (exact) mass is 373 g/mol. The first-order chi connectivity index (χ1) is 12.8. The molecule has 0 radical (unpaired) electrons. The summed E-state index contributed by atoms with van der Waals surface area (Å²) in [5.74, 6) is -0.915. The van der Waals surface area contributed by atoms with Crippen molar-refractivity contribution in [1.29, 1.82) is 0 Å². The molecule has 0 unspecified atom stereocenters. The van der Waals surface area contributed by atoms with Crippen molar-refractivity contribution in [3.63, 3.8) is 0 Å². The van der Waals surface area contributed by atoms with E-state index in [-0.39, 0.29) is 12.1 Å². The molecule has 0 aliphatic heterocycles. The third-order valence-electron chi connectivity index (χ3n) is 4.28. The van der Waals surface area contributed by atoms with Crippen LogP contribution in [0.3, 0.4) is 0 Å². The number of hydrogen-bond donors (Lipinski definition) is 1. The summed E-state index contributed by atoms with van der Waals surface area (Å²) in [5.41, 5.74) is 2.20. The zero-order valence-electron chi connectivity index (χ0n) is 16.0. The fraction of sp³-hybridized carbons (Fsp3) is 0.350. The molecule has 0 bridgehead atoms. The summed E-state index contributed by atoms with van der Waals surface area (Å²) in [6, 6.07) is 7.10. The van der Waals surface area contributed by atoms with Crippen LogP contribution in [0.2, 0.25) is 0 Å². The smallest absolute Gasteiger partial charge is 0.339 e. The Bertz CT molecular complexity index is 867. The molecule has 7 heteroatoms. The topological polar surface area (TPSA) is 94.7 Å². The van der Waals surface area contributed by atoms with Crippen molar-refractivity contribution in [2.24, 2.45) is 0 Å². The van der Waals surface area contributed by atoms with Crippen molar-refractivity contribution in [3.8, 4) is 5.75 Å². The van der Waals surface area contributed by atoms with Gasteiger partial charge in [-0.2, -0.15) is 0 Å². The Hall–Kier alpha value is -3.09. The number of aromatic nitrogens is 1. The molecule has 0 aliphatic carbocycles. The largest absolute Gasteiger partial charge is 0.496 e. The molecule has 0 spiro atoms. The predicted molar refractivity (Wildman–Crippen MR) is 98.2 cm³/mol. The van der Waals surface area contributed by atoms with Gasteiger partial charge in [0, 0.05) is 11.3 Å². The number of carbonyl (C=O) groups is 3. The lowest BCUT2D eigenvalue weighted by atomic mass is 10.1. The van der Waals surface area contributed by atoms with E-state index in [1.807, 2.05) is 0 Å². The number of rotatable bonds is 7. The number of methoxy groups -OCH3 is 2. The number of ketones is 1. The minimum absolute atomic E-state index is 0.0161. The van der Waals surface area contributed by atoms with Crippen LogP contribution in [0, 0.1) is 13.8 Å². The normalized spacial score (nSPS) is 11.6. The molecule has 0 saturated carbocycles. The number of nitrogens with one attached hydrogen (secondary N) is 1. The van der Waals surface area contributed by atoms with Gasteiger partial charge < -0.3 is 19.2 Å². The summed E-state index contributed by atoms with van der Waals surface area (Å²) >= 11 is 0. The molecular formula is C20H23NO6. The van der Waals surface area contributed by atoms with Crippen LogP contribution >= 0.6 is 0 Å². The molecule has 2 aromatic rings. The highest BCUT2D eigenvalue weighted by Crippen LogP contribution is 2.22. The van der Waals surface area contributed by atoms with Crippen LogP contribution in [0.4, 0.5) is 0 Å². The van der Waals surface area contributed by atoms with Crippen LogP contribution in [0.5, 0.6) is 5.75 Å². The third-order valence-corrected chi connectivity index (χ3v) is 4.28. The van der Waals surface area contributed by atoms with E-state index in [1.165, 1.54) is 21.1 Å². The standard InChI is InChI=1S/C20H23NO6/c1-11-17(20(24)26-5)12(2)21-18(11)19(23)13(3)27-16(22)10-14-8-6-7-9-15(14)25-4/h6-9,13,21H,10H2,1-5H3/t13-/m0/s1. The number of H-pyrrole nitrogens is 1. The summed E-state index contributed by atoms with van der Waals surface area (Å²) in [4.78, 5) is 39.6. The maximum absolute atomic E-state index is 12.7. The molecular weight excluding hydrogens is 350 g/mol. The van der Waals surface area contributed by atoms with E-state index in [0.717, 1.165) is 0 Å². The van der Waals surface area contributed by atoms with Gasteiger partial charge in [0.05, 0.1) is 31.9 Å². The van der Waals surface area contributed by atoms with Crippen molar-refractivity contribution in [3.05, 3.63) is 52.3 Å². The third kappa shape index (κ3) is 4.36. The number of benzene rings is 1. The average Bonchev–Trinajstić information content (AvgIpc) is 2.94. The highest BCUT2D eigenvalue weighted by Gasteiger charge is 2.27. The molecule has 144 valence electrons. The van der Waals surface area contributed by atoms with Crippen LogP contribution in [0.1, 0.15) is 44.6 Å². The summed E-state index contributed by atoms with van der Waals surface area (Å²) < 4.78 is 15.2. The second-order valence-corrected chi connectivity index (χ2v) is 6.10. The molecule has 0 fully saturated rings. The van der Waals surface area contributed by atoms with Crippen molar-refractivity contribution >= 4 is 17.7 Å². The summed E-state index contributed by atoms with van der Waals surface area (Å²) in [6.07, 6.45) is -1.02. The van der Waals surface area contributed by atoms with E-state index in [9.17, 15) is 14.4 Å². The van der Waals surface area contributed by atoms with E-state index in [0.29, 0.717) is 28.1 Å². The fourth-order valence-corrected chi connectivity index (χ4v) is 2.90. The van der Waals surface area contributed by atoms with E-state index in [4.69, 9.17) is 14.2 Å². The lowest BCUT2D eigenvalue weighted by molar-refractivity contribution is -0.145. The number of aromatic amines is 1. The highest BCUT2D eigenvalue weighted by molar-refractivity contribution is 6.04. The molecule has 1 atom stereocenters. The lowest BCUT2D eigenvalue weighted by Crippen LogP contribution is -2.26. The molecule has 7 nitrogen and oxygen atoms in total. The van der Waals surface area contributed by atoms with Gasteiger partial charge in [0.25, 0.3) is 0 Å². The van der Waals surface area contributed by atoms with Crippen molar-refractivity contribution in [1.82, 2.24) is 4.98 Å². The molecule has 1 heterocycles. The fourth-order valence-electron chi connectivity index (χ4n) is 2.90. The summed E-state index contributed by atoms with van der Waals surface area (Å²) in [5, 5.41) is 0. The number of ether oxygens (including phenoxy) is 3. The van der Waals surface area contributed by atoms with Gasteiger partial charge in [-0.15, -0.1) is 0 Å². The average molecular weight is 373 g/mol. The predicted octanol–water partition coefficient (Wildman–Crippen LogP) is 2.78. The first kappa shape index (κ1) is 20.2. The summed E-state index contributed by atoms with van der Waals surface area (Å²) in [6.45, 7) is 4.82. The first-order valence-corrected chi connectivity index (χ1v) is 8.43. The quantitative estimate of drug-likeness (QED) is 0.592. The number of para-hydroxylation sites is 1. The van der Waals surface area contributed by atoms with Gasteiger partial charge in [0.2, 0.25) is 5.78 Å². The van der Waals surface area contributed by atoms with Crippen LogP contribution in [-0.2, 0) is 20.7 Å². The number of carbonyl (C=O) groups excluding carboxylic acids is 3. The first-order valence-electron chi connectivity index (χ1n) is 8.43. The lowest BCUT2D eigenvalue weighted by Gasteiger charge is -2.13. The number of hydrogen-bond acceptors (Lipinski definition) is 6. The van der Waals surface area contributed by atoms with Crippen molar-refractivity contribution < 1.29 is 28.6 Å². The maximum Gasteiger partial charge on any atom is 0.339 e.